The zero-order chi connectivity index (χ0) is 11.6. The van der Waals surface area contributed by atoms with Crippen molar-refractivity contribution in [2.75, 3.05) is 0 Å². The smallest absolute Gasteiger partial charge is 0.225 e. The molecule has 2 rings (SSSR count). The van der Waals surface area contributed by atoms with Crippen LogP contribution in [-0.2, 0) is 4.57 Å². The molecule has 2 aromatic rings. The molecule has 0 saturated heterocycles. The zero-order valence-electron chi connectivity index (χ0n) is 8.93. The van der Waals surface area contributed by atoms with E-state index in [1.165, 1.54) is 0 Å². The minimum atomic E-state index is -2.94. The number of benzene rings is 2. The van der Waals surface area contributed by atoms with Crippen molar-refractivity contribution in [1.82, 2.24) is 0 Å². The molecule has 1 unspecified atom stereocenters. The van der Waals surface area contributed by atoms with Crippen LogP contribution in [0, 0.1) is 6.92 Å². The molecule has 0 aromatic heterocycles. The molecule has 0 aliphatic carbocycles. The molecule has 16 heavy (non-hydrogen) atoms. The van der Waals surface area contributed by atoms with Crippen molar-refractivity contribution in [3.8, 4) is 0 Å². The first kappa shape index (κ1) is 11.4. The largest absolute Gasteiger partial charge is 0.296 e. The van der Waals surface area contributed by atoms with Gasteiger partial charge in [-0.15, -0.1) is 0 Å². The fraction of sp³-hybridized carbons (Fsp3) is 0.0769. The molecule has 0 saturated carbocycles. The predicted molar refractivity (Wildman–Crippen MR) is 70.3 cm³/mol. The van der Waals surface area contributed by atoms with Crippen LogP contribution in [0.5, 0.6) is 0 Å². The van der Waals surface area contributed by atoms with Gasteiger partial charge >= 0.3 is 0 Å². The van der Waals surface area contributed by atoms with Gasteiger partial charge < -0.3 is 0 Å². The summed E-state index contributed by atoms with van der Waals surface area (Å²) in [5.41, 5.74) is 1.13. The SMILES string of the molecule is Cc1ccc(P(=O)(Cl)c2ccccc2)cc1. The summed E-state index contributed by atoms with van der Waals surface area (Å²) in [6.07, 6.45) is 0. The van der Waals surface area contributed by atoms with E-state index in [0.717, 1.165) is 5.56 Å². The Kier molecular flexibility index (Phi) is 3.18. The highest BCUT2D eigenvalue weighted by atomic mass is 35.7. The van der Waals surface area contributed by atoms with E-state index in [4.69, 9.17) is 11.2 Å². The predicted octanol–water partition coefficient (Wildman–Crippen LogP) is 3.46. The van der Waals surface area contributed by atoms with Gasteiger partial charge in [-0.3, -0.25) is 4.57 Å². The molecular weight excluding hydrogens is 239 g/mol. The second kappa shape index (κ2) is 4.45. The number of rotatable bonds is 2. The lowest BCUT2D eigenvalue weighted by molar-refractivity contribution is 0.595. The average Bonchev–Trinajstić information content (AvgIpc) is 2.31. The Hall–Kier alpha value is -1.04. The Labute approximate surface area is 100 Å². The van der Waals surface area contributed by atoms with Crippen LogP contribution in [0.15, 0.2) is 54.6 Å². The molecule has 0 N–H and O–H groups in total. The molecular formula is C13H12ClOP. The number of halogens is 1. The van der Waals surface area contributed by atoms with Crippen LogP contribution in [0.1, 0.15) is 5.56 Å². The van der Waals surface area contributed by atoms with Crippen molar-refractivity contribution in [2.24, 2.45) is 0 Å². The van der Waals surface area contributed by atoms with Crippen LogP contribution in [-0.4, -0.2) is 0 Å². The van der Waals surface area contributed by atoms with Gasteiger partial charge in [0.05, 0.1) is 0 Å². The summed E-state index contributed by atoms with van der Waals surface area (Å²) in [7, 11) is 0. The zero-order valence-corrected chi connectivity index (χ0v) is 10.6. The second-order valence-electron chi connectivity index (χ2n) is 3.70. The Bertz CT molecular complexity index is 519. The van der Waals surface area contributed by atoms with Gasteiger partial charge in [-0.05, 0) is 30.3 Å². The van der Waals surface area contributed by atoms with Crippen molar-refractivity contribution in [3.05, 3.63) is 60.2 Å². The maximum atomic E-state index is 12.5. The van der Waals surface area contributed by atoms with Crippen molar-refractivity contribution >= 4 is 28.3 Å². The van der Waals surface area contributed by atoms with Crippen LogP contribution in [0.3, 0.4) is 0 Å². The van der Waals surface area contributed by atoms with E-state index < -0.39 is 6.49 Å². The fourth-order valence-corrected chi connectivity index (χ4v) is 3.57. The molecule has 0 aliphatic heterocycles. The molecule has 0 heterocycles. The van der Waals surface area contributed by atoms with E-state index in [1.54, 1.807) is 12.1 Å². The van der Waals surface area contributed by atoms with E-state index in [2.05, 4.69) is 0 Å². The van der Waals surface area contributed by atoms with Crippen molar-refractivity contribution < 1.29 is 4.57 Å². The summed E-state index contributed by atoms with van der Waals surface area (Å²) >= 11 is 6.19. The second-order valence-corrected chi connectivity index (χ2v) is 7.23. The fourth-order valence-electron chi connectivity index (χ4n) is 1.51. The van der Waals surface area contributed by atoms with Gasteiger partial charge in [0.2, 0.25) is 6.49 Å². The highest BCUT2D eigenvalue weighted by molar-refractivity contribution is 8.00. The minimum absolute atomic E-state index is 0.681. The van der Waals surface area contributed by atoms with Gasteiger partial charge in [-0.2, -0.15) is 0 Å². The summed E-state index contributed by atoms with van der Waals surface area (Å²) in [5.74, 6) is 0. The van der Waals surface area contributed by atoms with Gasteiger partial charge in [0.15, 0.2) is 0 Å². The molecule has 0 spiro atoms. The minimum Gasteiger partial charge on any atom is -0.296 e. The molecule has 0 amide bonds. The van der Waals surface area contributed by atoms with Gasteiger partial charge in [0.25, 0.3) is 0 Å². The van der Waals surface area contributed by atoms with Crippen molar-refractivity contribution in [2.45, 2.75) is 6.92 Å². The van der Waals surface area contributed by atoms with Gasteiger partial charge in [-0.1, -0.05) is 48.0 Å². The highest BCUT2D eigenvalue weighted by Gasteiger charge is 2.23. The lowest BCUT2D eigenvalue weighted by Crippen LogP contribution is -2.11. The molecule has 1 atom stereocenters. The van der Waals surface area contributed by atoms with E-state index >= 15 is 0 Å². The molecule has 82 valence electrons. The Morgan fingerprint density at radius 2 is 1.38 bits per heavy atom. The third kappa shape index (κ3) is 2.21. The normalized spacial score (nSPS) is 14.4. The van der Waals surface area contributed by atoms with Gasteiger partial charge in [0.1, 0.15) is 0 Å². The molecule has 2 aromatic carbocycles. The van der Waals surface area contributed by atoms with Crippen molar-refractivity contribution in [1.29, 1.82) is 0 Å². The van der Waals surface area contributed by atoms with E-state index in [-0.39, 0.29) is 0 Å². The average molecular weight is 251 g/mol. The van der Waals surface area contributed by atoms with Crippen LogP contribution < -0.4 is 10.6 Å². The van der Waals surface area contributed by atoms with E-state index in [0.29, 0.717) is 10.6 Å². The number of hydrogen-bond donors (Lipinski definition) is 0. The first-order valence-electron chi connectivity index (χ1n) is 5.03. The van der Waals surface area contributed by atoms with Crippen LogP contribution in [0.2, 0.25) is 0 Å². The molecule has 0 aliphatic rings. The Morgan fingerprint density at radius 1 is 0.875 bits per heavy atom. The highest BCUT2D eigenvalue weighted by Crippen LogP contribution is 2.48. The Morgan fingerprint density at radius 3 is 1.94 bits per heavy atom. The molecule has 3 heteroatoms. The third-order valence-electron chi connectivity index (χ3n) is 2.45. The quantitative estimate of drug-likeness (QED) is 0.746. The summed E-state index contributed by atoms with van der Waals surface area (Å²) in [6, 6.07) is 16.7. The van der Waals surface area contributed by atoms with Gasteiger partial charge in [0, 0.05) is 10.6 Å². The molecule has 0 bridgehead atoms. The van der Waals surface area contributed by atoms with E-state index in [1.807, 2.05) is 49.4 Å². The molecule has 1 nitrogen and oxygen atoms in total. The lowest BCUT2D eigenvalue weighted by Gasteiger charge is -2.11. The first-order valence-corrected chi connectivity index (χ1v) is 7.64. The summed E-state index contributed by atoms with van der Waals surface area (Å²) in [4.78, 5) is 0. The third-order valence-corrected chi connectivity index (χ3v) is 5.55. The van der Waals surface area contributed by atoms with Crippen LogP contribution in [0.25, 0.3) is 0 Å². The monoisotopic (exact) mass is 250 g/mol. The maximum Gasteiger partial charge on any atom is 0.225 e. The summed E-state index contributed by atoms with van der Waals surface area (Å²) in [5, 5.41) is 1.37. The lowest BCUT2D eigenvalue weighted by atomic mass is 10.2. The maximum absolute atomic E-state index is 12.5. The standard InChI is InChI=1S/C13H12ClOP/c1-11-7-9-13(10-8-11)16(14,15)12-5-3-2-4-6-12/h2-10H,1H3. The number of aryl methyl sites for hydroxylation is 1. The topological polar surface area (TPSA) is 17.1 Å². The molecule has 0 radical (unpaired) electrons. The van der Waals surface area contributed by atoms with Gasteiger partial charge in [-0.25, -0.2) is 0 Å². The summed E-state index contributed by atoms with van der Waals surface area (Å²) < 4.78 is 12.5. The molecule has 0 fully saturated rings. The first-order chi connectivity index (χ1) is 7.60. The summed E-state index contributed by atoms with van der Waals surface area (Å²) in [6.45, 7) is -0.953. The van der Waals surface area contributed by atoms with Crippen LogP contribution >= 0.6 is 17.7 Å². The van der Waals surface area contributed by atoms with Crippen molar-refractivity contribution in [3.63, 3.8) is 0 Å². The van der Waals surface area contributed by atoms with Crippen LogP contribution in [0.4, 0.5) is 0 Å². The number of hydrogen-bond acceptors (Lipinski definition) is 1. The Balaban J connectivity index is 2.47. The van der Waals surface area contributed by atoms with E-state index in [9.17, 15) is 4.57 Å².